The summed E-state index contributed by atoms with van der Waals surface area (Å²) >= 11 is 0. The molecule has 2 aromatic rings. The Balaban J connectivity index is 1.30. The van der Waals surface area contributed by atoms with Crippen LogP contribution < -0.4 is 5.32 Å². The van der Waals surface area contributed by atoms with Crippen molar-refractivity contribution >= 4 is 5.91 Å². The van der Waals surface area contributed by atoms with Crippen LogP contribution in [0.5, 0.6) is 0 Å². The Hall–Kier alpha value is -2.32. The van der Waals surface area contributed by atoms with Crippen LogP contribution in [0.1, 0.15) is 47.8 Å². The van der Waals surface area contributed by atoms with E-state index >= 15 is 0 Å². The van der Waals surface area contributed by atoms with Gasteiger partial charge in [0.05, 0.1) is 12.1 Å². The van der Waals surface area contributed by atoms with E-state index in [0.717, 1.165) is 26.2 Å². The first-order chi connectivity index (χ1) is 14.7. The van der Waals surface area contributed by atoms with Gasteiger partial charge in [0, 0.05) is 51.0 Å². The van der Waals surface area contributed by atoms with Gasteiger partial charge in [-0.25, -0.2) is 0 Å². The molecule has 0 radical (unpaired) electrons. The number of likely N-dealkylation sites (tertiary alicyclic amines) is 1. The van der Waals surface area contributed by atoms with Gasteiger partial charge in [0.15, 0.2) is 0 Å². The standard InChI is InChI=1S/C22H30N6O2/c1-15-25-26-21(30-15)14-27-12-17-9-18(13-27)20(28-8-3-2-6-19(17)28)11-24-22(29)16-5-4-7-23-10-16/h4-5,7,10,17-20H,2-3,6,8-9,11-14H2,1H3,(H,24,29)/t17-,18+,19+,20+/m1/s1. The van der Waals surface area contributed by atoms with Gasteiger partial charge in [-0.1, -0.05) is 6.42 Å². The third-order valence-electron chi connectivity index (χ3n) is 7.02. The zero-order valence-electron chi connectivity index (χ0n) is 17.5. The summed E-state index contributed by atoms with van der Waals surface area (Å²) in [6, 6.07) is 4.61. The Morgan fingerprint density at radius 1 is 1.27 bits per heavy atom. The molecule has 3 aliphatic heterocycles. The van der Waals surface area contributed by atoms with Gasteiger partial charge in [0.2, 0.25) is 11.8 Å². The minimum atomic E-state index is -0.0345. The van der Waals surface area contributed by atoms with Gasteiger partial charge >= 0.3 is 0 Å². The summed E-state index contributed by atoms with van der Waals surface area (Å²) in [4.78, 5) is 21.9. The highest BCUT2D eigenvalue weighted by Gasteiger charge is 2.47. The molecule has 30 heavy (non-hydrogen) atoms. The number of rotatable bonds is 5. The summed E-state index contributed by atoms with van der Waals surface area (Å²) in [5, 5.41) is 11.4. The number of pyridine rings is 1. The molecule has 0 aromatic carbocycles. The molecule has 4 atom stereocenters. The molecule has 0 saturated carbocycles. The molecule has 0 unspecified atom stereocenters. The molecule has 5 heterocycles. The van der Waals surface area contributed by atoms with E-state index in [2.05, 4.69) is 30.3 Å². The normalized spacial score (nSPS) is 29.4. The van der Waals surface area contributed by atoms with Crippen molar-refractivity contribution in [2.45, 2.75) is 51.2 Å². The van der Waals surface area contributed by atoms with E-state index in [1.165, 1.54) is 25.7 Å². The number of hydrogen-bond donors (Lipinski definition) is 1. The lowest BCUT2D eigenvalue weighted by atomic mass is 9.72. The number of hydrogen-bond acceptors (Lipinski definition) is 7. The first-order valence-corrected chi connectivity index (χ1v) is 11.1. The SMILES string of the molecule is Cc1nnc(CN2C[C@H]3C[C@@H](C2)[C@H](CNC(=O)c2cccnc2)N2CCCC[C@@H]32)o1. The molecule has 5 rings (SSSR count). The van der Waals surface area contributed by atoms with Crippen molar-refractivity contribution in [2.24, 2.45) is 11.8 Å². The van der Waals surface area contributed by atoms with Gasteiger partial charge in [-0.2, -0.15) is 0 Å². The minimum absolute atomic E-state index is 0.0345. The maximum atomic E-state index is 12.6. The average Bonchev–Trinajstić information content (AvgIpc) is 3.18. The number of fused-ring (bicyclic) bond motifs is 4. The number of nitrogens with one attached hydrogen (secondary N) is 1. The quantitative estimate of drug-likeness (QED) is 0.805. The highest BCUT2D eigenvalue weighted by atomic mass is 16.4. The molecule has 160 valence electrons. The van der Waals surface area contributed by atoms with Crippen molar-refractivity contribution in [1.29, 1.82) is 0 Å². The Kier molecular flexibility index (Phi) is 5.52. The van der Waals surface area contributed by atoms with Crippen LogP contribution in [0.15, 0.2) is 28.9 Å². The van der Waals surface area contributed by atoms with E-state index in [1.807, 2.05) is 13.0 Å². The molecule has 1 N–H and O–H groups in total. The number of amides is 1. The average molecular weight is 411 g/mol. The van der Waals surface area contributed by atoms with Crippen molar-refractivity contribution in [1.82, 2.24) is 30.3 Å². The van der Waals surface area contributed by atoms with Gasteiger partial charge in [-0.05, 0) is 49.8 Å². The van der Waals surface area contributed by atoms with Crippen molar-refractivity contribution in [3.8, 4) is 0 Å². The molecule has 0 spiro atoms. The second-order valence-electron chi connectivity index (χ2n) is 8.98. The van der Waals surface area contributed by atoms with Crippen LogP contribution in [-0.4, -0.2) is 69.2 Å². The number of nitrogens with zero attached hydrogens (tertiary/aromatic N) is 5. The molecule has 2 aromatic heterocycles. The summed E-state index contributed by atoms with van der Waals surface area (Å²) in [6.45, 7) is 6.49. The van der Waals surface area contributed by atoms with Crippen LogP contribution in [0.4, 0.5) is 0 Å². The smallest absolute Gasteiger partial charge is 0.252 e. The summed E-state index contributed by atoms with van der Waals surface area (Å²) in [6.07, 6.45) is 8.39. The second-order valence-corrected chi connectivity index (χ2v) is 8.98. The van der Waals surface area contributed by atoms with Crippen LogP contribution in [0, 0.1) is 18.8 Å². The van der Waals surface area contributed by atoms with Crippen LogP contribution in [0.25, 0.3) is 0 Å². The van der Waals surface area contributed by atoms with Gasteiger partial charge in [0.25, 0.3) is 5.91 Å². The second kappa shape index (κ2) is 8.43. The van der Waals surface area contributed by atoms with Crippen LogP contribution >= 0.6 is 0 Å². The molecule has 3 saturated heterocycles. The monoisotopic (exact) mass is 410 g/mol. The van der Waals surface area contributed by atoms with E-state index in [-0.39, 0.29) is 5.91 Å². The molecule has 2 bridgehead atoms. The van der Waals surface area contributed by atoms with Crippen LogP contribution in [0.3, 0.4) is 0 Å². The zero-order chi connectivity index (χ0) is 20.5. The molecule has 0 aliphatic carbocycles. The van der Waals surface area contributed by atoms with Crippen molar-refractivity contribution in [2.75, 3.05) is 26.2 Å². The Morgan fingerprint density at radius 2 is 2.17 bits per heavy atom. The Labute approximate surface area is 177 Å². The topological polar surface area (TPSA) is 87.4 Å². The number of carbonyl (C=O) groups is 1. The lowest BCUT2D eigenvalue weighted by Gasteiger charge is -2.56. The fraction of sp³-hybridized carbons (Fsp3) is 0.636. The molecule has 3 fully saturated rings. The maximum Gasteiger partial charge on any atom is 0.252 e. The summed E-state index contributed by atoms with van der Waals surface area (Å²) in [5.74, 6) is 2.51. The molecule has 3 aliphatic rings. The summed E-state index contributed by atoms with van der Waals surface area (Å²) < 4.78 is 5.63. The number of aromatic nitrogens is 3. The van der Waals surface area contributed by atoms with Gasteiger partial charge in [-0.15, -0.1) is 10.2 Å². The van der Waals surface area contributed by atoms with E-state index in [4.69, 9.17) is 4.42 Å². The van der Waals surface area contributed by atoms with Gasteiger partial charge in [0.1, 0.15) is 0 Å². The van der Waals surface area contributed by atoms with E-state index in [9.17, 15) is 4.79 Å². The lowest BCUT2D eigenvalue weighted by molar-refractivity contribution is -0.0730. The number of piperidine rings is 3. The minimum Gasteiger partial charge on any atom is -0.424 e. The van der Waals surface area contributed by atoms with Crippen LogP contribution in [0.2, 0.25) is 0 Å². The number of aryl methyl sites for hydroxylation is 1. The predicted molar refractivity (Wildman–Crippen MR) is 111 cm³/mol. The lowest BCUT2D eigenvalue weighted by Crippen LogP contribution is -2.65. The zero-order valence-corrected chi connectivity index (χ0v) is 17.5. The molecular weight excluding hydrogens is 380 g/mol. The Bertz CT molecular complexity index is 872. The first kappa shape index (κ1) is 19.6. The maximum absolute atomic E-state index is 12.6. The highest BCUT2D eigenvalue weighted by molar-refractivity contribution is 5.93. The van der Waals surface area contributed by atoms with Crippen molar-refractivity contribution in [3.63, 3.8) is 0 Å². The fourth-order valence-corrected chi connectivity index (χ4v) is 5.80. The number of carbonyl (C=O) groups excluding carboxylic acids is 1. The third kappa shape index (κ3) is 3.98. The predicted octanol–water partition coefficient (Wildman–Crippen LogP) is 1.88. The summed E-state index contributed by atoms with van der Waals surface area (Å²) in [5.41, 5.74) is 0.624. The molecule has 8 nitrogen and oxygen atoms in total. The highest BCUT2D eigenvalue weighted by Crippen LogP contribution is 2.41. The van der Waals surface area contributed by atoms with Crippen molar-refractivity contribution in [3.05, 3.63) is 41.9 Å². The first-order valence-electron chi connectivity index (χ1n) is 11.1. The van der Waals surface area contributed by atoms with Crippen LogP contribution in [-0.2, 0) is 6.54 Å². The largest absolute Gasteiger partial charge is 0.424 e. The van der Waals surface area contributed by atoms with E-state index in [1.54, 1.807) is 18.5 Å². The molecule has 8 heteroatoms. The van der Waals surface area contributed by atoms with E-state index in [0.29, 0.717) is 47.8 Å². The molecule has 1 amide bonds. The van der Waals surface area contributed by atoms with E-state index < -0.39 is 0 Å². The van der Waals surface area contributed by atoms with Gasteiger partial charge < -0.3 is 9.73 Å². The van der Waals surface area contributed by atoms with Gasteiger partial charge in [-0.3, -0.25) is 19.6 Å². The summed E-state index contributed by atoms with van der Waals surface area (Å²) in [7, 11) is 0. The third-order valence-corrected chi connectivity index (χ3v) is 7.02. The van der Waals surface area contributed by atoms with Crippen molar-refractivity contribution < 1.29 is 9.21 Å². The fourth-order valence-electron chi connectivity index (χ4n) is 5.80. The Morgan fingerprint density at radius 3 is 2.97 bits per heavy atom. The molecular formula is C22H30N6O2.